The number of nitrogens with zero attached hydrogens (tertiary/aromatic N) is 2. The number of likely N-dealkylation sites (tertiary alicyclic amines) is 1. The van der Waals surface area contributed by atoms with Gasteiger partial charge in [-0.05, 0) is 19.8 Å². The van der Waals surface area contributed by atoms with Crippen molar-refractivity contribution in [1.82, 2.24) is 14.5 Å². The second-order valence-electron chi connectivity index (χ2n) is 4.47. The average molecular weight is 263 g/mol. The number of rotatable bonds is 3. The van der Waals surface area contributed by atoms with Crippen molar-refractivity contribution in [3.8, 4) is 0 Å². The number of nitrogens with one attached hydrogen (secondary N) is 1. The third kappa shape index (κ3) is 4.51. The van der Waals surface area contributed by atoms with Gasteiger partial charge in [0.25, 0.3) is 0 Å². The summed E-state index contributed by atoms with van der Waals surface area (Å²) >= 11 is 0. The molecule has 0 aromatic rings. The van der Waals surface area contributed by atoms with E-state index in [1.165, 1.54) is 0 Å². The molecular formula is C10H21N3O3S. The normalized spacial score (nSPS) is 21.4. The number of hydrogen-bond acceptors (Lipinski definition) is 3. The van der Waals surface area contributed by atoms with Crippen LogP contribution in [0.4, 0.5) is 4.79 Å². The Kier molecular flexibility index (Phi) is 4.76. The maximum Gasteiger partial charge on any atom is 0.319 e. The largest absolute Gasteiger partial charge is 0.328 e. The van der Waals surface area contributed by atoms with Gasteiger partial charge in [-0.15, -0.1) is 0 Å². The van der Waals surface area contributed by atoms with Crippen LogP contribution in [-0.2, 0) is 10.0 Å². The van der Waals surface area contributed by atoms with Gasteiger partial charge in [-0.25, -0.2) is 17.9 Å². The van der Waals surface area contributed by atoms with Gasteiger partial charge in [0.05, 0.1) is 6.26 Å². The molecule has 0 aliphatic carbocycles. The van der Waals surface area contributed by atoms with Crippen molar-refractivity contribution in [3.05, 3.63) is 0 Å². The Morgan fingerprint density at radius 1 is 1.53 bits per heavy atom. The first-order valence-corrected chi connectivity index (χ1v) is 7.70. The van der Waals surface area contributed by atoms with Crippen LogP contribution in [-0.4, -0.2) is 63.2 Å². The van der Waals surface area contributed by atoms with Crippen LogP contribution >= 0.6 is 0 Å². The van der Waals surface area contributed by atoms with Crippen molar-refractivity contribution in [2.24, 2.45) is 0 Å². The van der Waals surface area contributed by atoms with Gasteiger partial charge in [0, 0.05) is 32.7 Å². The standard InChI is InChI=1S/C10H21N3O3S/c1-4-12(2)10(14)13-7-5-6-9(8-13)11-17(3,15)16/h9,11H,4-8H2,1-3H3. The van der Waals surface area contributed by atoms with E-state index in [1.54, 1.807) is 16.8 Å². The topological polar surface area (TPSA) is 69.7 Å². The molecule has 6 nitrogen and oxygen atoms in total. The van der Waals surface area contributed by atoms with Gasteiger partial charge >= 0.3 is 6.03 Å². The monoisotopic (exact) mass is 263 g/mol. The van der Waals surface area contributed by atoms with Crippen LogP contribution in [0.15, 0.2) is 0 Å². The molecule has 0 radical (unpaired) electrons. The molecule has 100 valence electrons. The highest BCUT2D eigenvalue weighted by molar-refractivity contribution is 7.88. The van der Waals surface area contributed by atoms with Gasteiger partial charge in [0.15, 0.2) is 0 Å². The maximum absolute atomic E-state index is 11.9. The average Bonchev–Trinajstić information content (AvgIpc) is 2.25. The van der Waals surface area contributed by atoms with Gasteiger partial charge in [-0.2, -0.15) is 0 Å². The quantitative estimate of drug-likeness (QED) is 0.783. The first-order valence-electron chi connectivity index (χ1n) is 5.81. The van der Waals surface area contributed by atoms with Crippen molar-refractivity contribution in [2.45, 2.75) is 25.8 Å². The molecule has 1 N–H and O–H groups in total. The lowest BCUT2D eigenvalue weighted by Crippen LogP contribution is -2.52. The van der Waals surface area contributed by atoms with E-state index in [1.807, 2.05) is 6.92 Å². The Labute approximate surface area is 103 Å². The first kappa shape index (κ1) is 14.2. The molecule has 1 aliphatic rings. The third-order valence-electron chi connectivity index (χ3n) is 2.87. The van der Waals surface area contributed by atoms with Crippen molar-refractivity contribution >= 4 is 16.1 Å². The lowest BCUT2D eigenvalue weighted by Gasteiger charge is -2.35. The Morgan fingerprint density at radius 3 is 2.71 bits per heavy atom. The summed E-state index contributed by atoms with van der Waals surface area (Å²) in [6.07, 6.45) is 2.76. The van der Waals surface area contributed by atoms with Crippen LogP contribution in [0.1, 0.15) is 19.8 Å². The van der Waals surface area contributed by atoms with E-state index in [-0.39, 0.29) is 12.1 Å². The second-order valence-corrected chi connectivity index (χ2v) is 6.25. The van der Waals surface area contributed by atoms with Crippen LogP contribution in [0.2, 0.25) is 0 Å². The molecule has 0 saturated carbocycles. The SMILES string of the molecule is CCN(C)C(=O)N1CCCC(NS(C)(=O)=O)C1. The summed E-state index contributed by atoms with van der Waals surface area (Å²) in [7, 11) is -1.45. The van der Waals surface area contributed by atoms with E-state index in [2.05, 4.69) is 4.72 Å². The molecule has 17 heavy (non-hydrogen) atoms. The van der Waals surface area contributed by atoms with Crippen LogP contribution in [0, 0.1) is 0 Å². The number of carbonyl (C=O) groups is 1. The zero-order chi connectivity index (χ0) is 13.1. The van der Waals surface area contributed by atoms with Crippen molar-refractivity contribution in [2.75, 3.05) is 32.9 Å². The van der Waals surface area contributed by atoms with Crippen molar-refractivity contribution in [3.63, 3.8) is 0 Å². The molecular weight excluding hydrogens is 242 g/mol. The number of amides is 2. The molecule has 1 heterocycles. The second kappa shape index (κ2) is 5.68. The van der Waals surface area contributed by atoms with Gasteiger partial charge in [0.1, 0.15) is 0 Å². The molecule has 0 spiro atoms. The Balaban J connectivity index is 2.57. The Hall–Kier alpha value is -0.820. The third-order valence-corrected chi connectivity index (χ3v) is 3.64. The summed E-state index contributed by atoms with van der Waals surface area (Å²) in [5, 5.41) is 0. The number of urea groups is 1. The summed E-state index contributed by atoms with van der Waals surface area (Å²) < 4.78 is 24.8. The molecule has 1 rings (SSSR count). The van der Waals surface area contributed by atoms with Crippen molar-refractivity contribution < 1.29 is 13.2 Å². The van der Waals surface area contributed by atoms with E-state index in [0.717, 1.165) is 19.1 Å². The zero-order valence-electron chi connectivity index (χ0n) is 10.6. The molecule has 1 aliphatic heterocycles. The van der Waals surface area contributed by atoms with E-state index in [9.17, 15) is 13.2 Å². The predicted molar refractivity (Wildman–Crippen MR) is 66.3 cm³/mol. The Morgan fingerprint density at radius 2 is 2.18 bits per heavy atom. The van der Waals surface area contributed by atoms with Crippen LogP contribution in [0.25, 0.3) is 0 Å². The smallest absolute Gasteiger partial charge is 0.319 e. The summed E-state index contributed by atoms with van der Waals surface area (Å²) in [4.78, 5) is 15.2. The molecule has 0 aromatic heterocycles. The van der Waals surface area contributed by atoms with E-state index < -0.39 is 10.0 Å². The molecule has 1 saturated heterocycles. The lowest BCUT2D eigenvalue weighted by molar-refractivity contribution is 0.147. The lowest BCUT2D eigenvalue weighted by atomic mass is 10.1. The number of carbonyl (C=O) groups excluding carboxylic acids is 1. The summed E-state index contributed by atoms with van der Waals surface area (Å²) in [5.74, 6) is 0. The van der Waals surface area contributed by atoms with Gasteiger partial charge < -0.3 is 9.80 Å². The minimum atomic E-state index is -3.20. The van der Waals surface area contributed by atoms with Gasteiger partial charge in [0.2, 0.25) is 10.0 Å². The molecule has 0 bridgehead atoms. The van der Waals surface area contributed by atoms with Crippen LogP contribution in [0.5, 0.6) is 0 Å². The summed E-state index contributed by atoms with van der Waals surface area (Å²) in [6.45, 7) is 3.72. The molecule has 7 heteroatoms. The number of hydrogen-bond donors (Lipinski definition) is 1. The number of piperidine rings is 1. The minimum Gasteiger partial charge on any atom is -0.328 e. The van der Waals surface area contributed by atoms with Gasteiger partial charge in [-0.3, -0.25) is 0 Å². The number of sulfonamides is 1. The van der Waals surface area contributed by atoms with Crippen molar-refractivity contribution in [1.29, 1.82) is 0 Å². The highest BCUT2D eigenvalue weighted by Crippen LogP contribution is 2.12. The fraction of sp³-hybridized carbons (Fsp3) is 0.900. The maximum atomic E-state index is 11.9. The van der Waals surface area contributed by atoms with E-state index in [0.29, 0.717) is 19.6 Å². The highest BCUT2D eigenvalue weighted by atomic mass is 32.2. The summed E-state index contributed by atoms with van der Waals surface area (Å²) in [6, 6.07) is -0.194. The zero-order valence-corrected chi connectivity index (χ0v) is 11.5. The van der Waals surface area contributed by atoms with Crippen LogP contribution < -0.4 is 4.72 Å². The summed E-state index contributed by atoms with van der Waals surface area (Å²) in [5.41, 5.74) is 0. The predicted octanol–water partition coefficient (Wildman–Crippen LogP) is 0.0717. The minimum absolute atomic E-state index is 0.0347. The van der Waals surface area contributed by atoms with E-state index in [4.69, 9.17) is 0 Å². The highest BCUT2D eigenvalue weighted by Gasteiger charge is 2.26. The molecule has 1 fully saturated rings. The van der Waals surface area contributed by atoms with Gasteiger partial charge in [-0.1, -0.05) is 0 Å². The fourth-order valence-electron chi connectivity index (χ4n) is 1.93. The van der Waals surface area contributed by atoms with E-state index >= 15 is 0 Å². The molecule has 2 amide bonds. The Bertz CT molecular complexity index is 369. The molecule has 1 unspecified atom stereocenters. The first-order chi connectivity index (χ1) is 7.83. The van der Waals surface area contributed by atoms with Crippen LogP contribution in [0.3, 0.4) is 0 Å². The fourth-order valence-corrected chi connectivity index (χ4v) is 2.72. The molecule has 1 atom stereocenters. The molecule has 0 aromatic carbocycles.